The van der Waals surface area contributed by atoms with E-state index in [0.29, 0.717) is 43.1 Å². The third-order valence-electron chi connectivity index (χ3n) is 5.08. The van der Waals surface area contributed by atoms with Gasteiger partial charge < -0.3 is 19.7 Å². The molecule has 2 aliphatic rings. The summed E-state index contributed by atoms with van der Waals surface area (Å²) in [5.41, 5.74) is 1.65. The zero-order valence-electron chi connectivity index (χ0n) is 15.8. The van der Waals surface area contributed by atoms with E-state index < -0.39 is 0 Å². The second-order valence-corrected chi connectivity index (χ2v) is 7.96. The number of hydrogen-bond acceptors (Lipinski definition) is 4. The molecule has 29 heavy (non-hydrogen) atoms. The molecule has 6 nitrogen and oxygen atoms in total. The molecule has 2 aromatic carbocycles. The summed E-state index contributed by atoms with van der Waals surface area (Å²) in [6, 6.07) is 13.1. The standard InChI is InChI=1S/C22H21BrN2O4/c23-17-3-1-2-15(12-17)4-7-21(26)25-10-8-16(9-11-25)22(27)24-18-5-6-19-20(13-18)29-14-28-19/h1-7,12-13,16H,8-11,14H2,(H,24,27)/b7-4+. The van der Waals surface area contributed by atoms with Gasteiger partial charge >= 0.3 is 0 Å². The van der Waals surface area contributed by atoms with Gasteiger partial charge in [0, 0.05) is 41.3 Å². The van der Waals surface area contributed by atoms with Crippen molar-refractivity contribution in [2.45, 2.75) is 12.8 Å². The first-order valence-electron chi connectivity index (χ1n) is 9.51. The number of nitrogens with zero attached hydrogens (tertiary/aromatic N) is 1. The maximum Gasteiger partial charge on any atom is 0.246 e. The van der Waals surface area contributed by atoms with Gasteiger partial charge in [-0.25, -0.2) is 0 Å². The molecule has 0 bridgehead atoms. The summed E-state index contributed by atoms with van der Waals surface area (Å²) >= 11 is 3.42. The van der Waals surface area contributed by atoms with Crippen molar-refractivity contribution in [1.29, 1.82) is 0 Å². The van der Waals surface area contributed by atoms with Crippen molar-refractivity contribution in [3.8, 4) is 11.5 Å². The minimum absolute atomic E-state index is 0.0272. The Bertz CT molecular complexity index is 952. The summed E-state index contributed by atoms with van der Waals surface area (Å²) in [6.07, 6.45) is 4.69. The van der Waals surface area contributed by atoms with Crippen LogP contribution in [0, 0.1) is 5.92 Å². The zero-order chi connectivity index (χ0) is 20.2. The summed E-state index contributed by atoms with van der Waals surface area (Å²) in [6.45, 7) is 1.34. The highest BCUT2D eigenvalue weighted by Crippen LogP contribution is 2.34. The van der Waals surface area contributed by atoms with E-state index in [9.17, 15) is 9.59 Å². The normalized spacial score (nSPS) is 16.2. The van der Waals surface area contributed by atoms with Gasteiger partial charge in [0.25, 0.3) is 0 Å². The van der Waals surface area contributed by atoms with Gasteiger partial charge in [-0.15, -0.1) is 0 Å². The van der Waals surface area contributed by atoms with E-state index in [2.05, 4.69) is 21.2 Å². The number of piperidine rings is 1. The Hall–Kier alpha value is -2.80. The number of fused-ring (bicyclic) bond motifs is 1. The first-order valence-corrected chi connectivity index (χ1v) is 10.3. The molecule has 0 saturated carbocycles. The number of anilines is 1. The molecule has 0 spiro atoms. The van der Waals surface area contributed by atoms with Crippen molar-refractivity contribution in [3.63, 3.8) is 0 Å². The molecule has 0 atom stereocenters. The Morgan fingerprint density at radius 1 is 1.07 bits per heavy atom. The summed E-state index contributed by atoms with van der Waals surface area (Å²) in [7, 11) is 0. The number of likely N-dealkylation sites (tertiary alicyclic amines) is 1. The highest BCUT2D eigenvalue weighted by atomic mass is 79.9. The fourth-order valence-corrected chi connectivity index (χ4v) is 3.88. The topological polar surface area (TPSA) is 67.9 Å². The van der Waals surface area contributed by atoms with Gasteiger partial charge in [0.15, 0.2) is 11.5 Å². The zero-order valence-corrected chi connectivity index (χ0v) is 17.4. The van der Waals surface area contributed by atoms with Crippen LogP contribution in [0.2, 0.25) is 0 Å². The highest BCUT2D eigenvalue weighted by Gasteiger charge is 2.27. The lowest BCUT2D eigenvalue weighted by molar-refractivity contribution is -0.130. The lowest BCUT2D eigenvalue weighted by Gasteiger charge is -2.30. The van der Waals surface area contributed by atoms with Crippen LogP contribution in [0.3, 0.4) is 0 Å². The number of halogens is 1. The van der Waals surface area contributed by atoms with Crippen LogP contribution in [0.1, 0.15) is 18.4 Å². The average molecular weight is 457 g/mol. The van der Waals surface area contributed by atoms with E-state index >= 15 is 0 Å². The molecule has 2 heterocycles. The molecule has 1 saturated heterocycles. The number of amides is 2. The monoisotopic (exact) mass is 456 g/mol. The Balaban J connectivity index is 1.28. The van der Waals surface area contributed by atoms with Crippen LogP contribution in [-0.2, 0) is 9.59 Å². The van der Waals surface area contributed by atoms with Crippen molar-refractivity contribution in [1.82, 2.24) is 4.90 Å². The third kappa shape index (κ3) is 4.79. The largest absolute Gasteiger partial charge is 0.454 e. The summed E-state index contributed by atoms with van der Waals surface area (Å²) in [5.74, 6) is 1.16. The maximum atomic E-state index is 12.6. The molecular formula is C22H21BrN2O4. The van der Waals surface area contributed by atoms with Gasteiger partial charge in [-0.2, -0.15) is 0 Å². The summed E-state index contributed by atoms with van der Waals surface area (Å²) in [5, 5.41) is 2.94. The number of hydrogen-bond donors (Lipinski definition) is 1. The number of ether oxygens (including phenoxy) is 2. The maximum absolute atomic E-state index is 12.6. The lowest BCUT2D eigenvalue weighted by atomic mass is 9.95. The molecule has 7 heteroatoms. The molecule has 0 aromatic heterocycles. The fraction of sp³-hybridized carbons (Fsp3) is 0.273. The molecule has 2 aromatic rings. The first-order chi connectivity index (χ1) is 14.1. The molecule has 2 aliphatic heterocycles. The van der Waals surface area contributed by atoms with Crippen molar-refractivity contribution in [2.24, 2.45) is 5.92 Å². The molecule has 1 N–H and O–H groups in total. The number of carbonyl (C=O) groups is 2. The molecular weight excluding hydrogens is 436 g/mol. The molecule has 0 unspecified atom stereocenters. The van der Waals surface area contributed by atoms with Gasteiger partial charge in [0.2, 0.25) is 18.6 Å². The van der Waals surface area contributed by atoms with Crippen LogP contribution in [0.5, 0.6) is 11.5 Å². The molecule has 4 rings (SSSR count). The fourth-order valence-electron chi connectivity index (χ4n) is 3.46. The number of carbonyl (C=O) groups excluding carboxylic acids is 2. The Labute approximate surface area is 177 Å². The number of nitrogens with one attached hydrogen (secondary N) is 1. The van der Waals surface area contributed by atoms with Gasteiger partial charge in [-0.3, -0.25) is 9.59 Å². The van der Waals surface area contributed by atoms with E-state index in [-0.39, 0.29) is 24.5 Å². The highest BCUT2D eigenvalue weighted by molar-refractivity contribution is 9.10. The van der Waals surface area contributed by atoms with Crippen molar-refractivity contribution in [3.05, 3.63) is 58.6 Å². The van der Waals surface area contributed by atoms with Gasteiger partial charge in [0.05, 0.1) is 0 Å². The first kappa shape index (κ1) is 19.5. The number of benzene rings is 2. The smallest absolute Gasteiger partial charge is 0.246 e. The summed E-state index contributed by atoms with van der Waals surface area (Å²) < 4.78 is 11.6. The average Bonchev–Trinajstić information content (AvgIpc) is 3.20. The Morgan fingerprint density at radius 2 is 1.86 bits per heavy atom. The predicted molar refractivity (Wildman–Crippen MR) is 114 cm³/mol. The van der Waals surface area contributed by atoms with E-state index in [0.717, 1.165) is 10.0 Å². The summed E-state index contributed by atoms with van der Waals surface area (Å²) in [4.78, 5) is 26.8. The van der Waals surface area contributed by atoms with E-state index in [1.54, 1.807) is 29.2 Å². The van der Waals surface area contributed by atoms with Crippen LogP contribution in [0.15, 0.2) is 53.0 Å². The molecule has 150 valence electrons. The van der Waals surface area contributed by atoms with E-state index in [1.165, 1.54) is 0 Å². The Morgan fingerprint density at radius 3 is 2.66 bits per heavy atom. The van der Waals surface area contributed by atoms with Crippen LogP contribution < -0.4 is 14.8 Å². The predicted octanol–water partition coefficient (Wildman–Crippen LogP) is 4.07. The van der Waals surface area contributed by atoms with Crippen molar-refractivity contribution >= 4 is 39.5 Å². The lowest BCUT2D eigenvalue weighted by Crippen LogP contribution is -2.40. The van der Waals surface area contributed by atoms with Crippen LogP contribution in [0.25, 0.3) is 6.08 Å². The van der Waals surface area contributed by atoms with Gasteiger partial charge in [-0.1, -0.05) is 28.1 Å². The van der Waals surface area contributed by atoms with Crippen molar-refractivity contribution < 1.29 is 19.1 Å². The SMILES string of the molecule is O=C(Nc1ccc2c(c1)OCO2)C1CCN(C(=O)/C=C/c2cccc(Br)c2)CC1. The Kier molecular flexibility index (Phi) is 5.85. The van der Waals surface area contributed by atoms with E-state index in [4.69, 9.17) is 9.47 Å². The van der Waals surface area contributed by atoms with Gasteiger partial charge in [-0.05, 0) is 48.7 Å². The van der Waals surface area contributed by atoms with Crippen molar-refractivity contribution in [2.75, 3.05) is 25.2 Å². The molecule has 1 fully saturated rings. The van der Waals surface area contributed by atoms with Crippen LogP contribution in [0.4, 0.5) is 5.69 Å². The van der Waals surface area contributed by atoms with Gasteiger partial charge in [0.1, 0.15) is 0 Å². The van der Waals surface area contributed by atoms with Crippen LogP contribution >= 0.6 is 15.9 Å². The van der Waals surface area contributed by atoms with E-state index in [1.807, 2.05) is 30.3 Å². The molecule has 2 amide bonds. The molecule has 0 radical (unpaired) electrons. The second-order valence-electron chi connectivity index (χ2n) is 7.05. The van der Waals surface area contributed by atoms with Crippen LogP contribution in [-0.4, -0.2) is 36.6 Å². The second kappa shape index (κ2) is 8.69. The minimum Gasteiger partial charge on any atom is -0.454 e. The third-order valence-corrected chi connectivity index (χ3v) is 5.58. The molecule has 0 aliphatic carbocycles. The number of rotatable bonds is 4. The minimum atomic E-state index is -0.112. The quantitative estimate of drug-likeness (QED) is 0.704.